The highest BCUT2D eigenvalue weighted by atomic mass is 16.5. The van der Waals surface area contributed by atoms with Crippen LogP contribution >= 0.6 is 0 Å². The molecule has 7 heteroatoms. The maximum Gasteiger partial charge on any atom is 0.414 e. The summed E-state index contributed by atoms with van der Waals surface area (Å²) < 4.78 is 4.76. The monoisotopic (exact) mass is 331 g/mol. The Hall–Kier alpha value is -2.83. The Labute approximate surface area is 140 Å². The van der Waals surface area contributed by atoms with Crippen LogP contribution in [0, 0.1) is 5.92 Å². The molecule has 24 heavy (non-hydrogen) atoms. The molecule has 0 fully saturated rings. The summed E-state index contributed by atoms with van der Waals surface area (Å²) in [4.78, 5) is 38.4. The number of ether oxygens (including phenoxy) is 1. The van der Waals surface area contributed by atoms with Crippen LogP contribution in [0.4, 0.5) is 4.79 Å². The molecule has 7 nitrogen and oxygen atoms in total. The summed E-state index contributed by atoms with van der Waals surface area (Å²) in [5.74, 6) is -2.09. The maximum atomic E-state index is 12.9. The average Bonchev–Trinajstić information content (AvgIpc) is 2.55. The van der Waals surface area contributed by atoms with Gasteiger partial charge in [0, 0.05) is 6.20 Å². The van der Waals surface area contributed by atoms with Crippen molar-refractivity contribution in [3.8, 4) is 0 Å². The largest absolute Gasteiger partial charge is 0.548 e. The molecule has 1 heterocycles. The van der Waals surface area contributed by atoms with Gasteiger partial charge in [0.1, 0.15) is 6.04 Å². The minimum absolute atomic E-state index is 0.227. The Morgan fingerprint density at radius 1 is 1.25 bits per heavy atom. The number of carbonyl (C=O) groups excluding carboxylic acids is 3. The van der Waals surface area contributed by atoms with Crippen molar-refractivity contribution in [2.75, 3.05) is 13.7 Å². The molecule has 0 saturated heterocycles. The summed E-state index contributed by atoms with van der Waals surface area (Å²) in [5.41, 5.74) is 0.926. The molecule has 1 aromatic rings. The molecule has 2 amide bonds. The van der Waals surface area contributed by atoms with Crippen LogP contribution in [0.1, 0.15) is 19.4 Å². The number of benzene rings is 1. The molecule has 0 bridgehead atoms. The number of carboxylic acids is 1. The van der Waals surface area contributed by atoms with E-state index < -0.39 is 30.6 Å². The molecule has 1 aliphatic heterocycles. The van der Waals surface area contributed by atoms with Gasteiger partial charge < -0.3 is 19.5 Å². The summed E-state index contributed by atoms with van der Waals surface area (Å²) in [6.07, 6.45) is 0.777. The molecule has 2 rings (SSSR count). The summed E-state index contributed by atoms with van der Waals surface area (Å²) in [6, 6.07) is 7.93. The molecule has 1 aromatic carbocycles. The fraction of sp³-hybridized carbons (Fsp3) is 0.353. The molecule has 0 spiro atoms. The fourth-order valence-electron chi connectivity index (χ4n) is 2.69. The topological polar surface area (TPSA) is 90.0 Å². The Morgan fingerprint density at radius 2 is 1.88 bits per heavy atom. The number of aliphatic carboxylic acids is 1. The zero-order valence-electron chi connectivity index (χ0n) is 13.8. The molecule has 0 radical (unpaired) electrons. The second-order valence-corrected chi connectivity index (χ2v) is 5.74. The number of nitrogens with zero attached hydrogens (tertiary/aromatic N) is 2. The van der Waals surface area contributed by atoms with E-state index in [0.717, 1.165) is 4.90 Å². The molecule has 0 N–H and O–H groups in total. The van der Waals surface area contributed by atoms with Gasteiger partial charge in [0.25, 0.3) is 5.91 Å². The summed E-state index contributed by atoms with van der Waals surface area (Å²) in [6.45, 7) is 2.96. The maximum absolute atomic E-state index is 12.9. The molecule has 1 aliphatic rings. The van der Waals surface area contributed by atoms with Crippen molar-refractivity contribution in [1.29, 1.82) is 0 Å². The number of methoxy groups -OCH3 is 1. The summed E-state index contributed by atoms with van der Waals surface area (Å²) in [7, 11) is 1.23. The zero-order chi connectivity index (χ0) is 17.9. The number of hydrogen-bond donors (Lipinski definition) is 0. The van der Waals surface area contributed by atoms with Crippen LogP contribution in [0.15, 0.2) is 36.5 Å². The van der Waals surface area contributed by atoms with Gasteiger partial charge in [0.2, 0.25) is 0 Å². The van der Waals surface area contributed by atoms with Gasteiger partial charge in [-0.15, -0.1) is 0 Å². The van der Waals surface area contributed by atoms with Gasteiger partial charge in [0.15, 0.2) is 0 Å². The second kappa shape index (κ2) is 7.16. The molecule has 1 atom stereocenters. The van der Waals surface area contributed by atoms with Crippen LogP contribution in [0.3, 0.4) is 0 Å². The predicted molar refractivity (Wildman–Crippen MR) is 84.0 cm³/mol. The highest BCUT2D eigenvalue weighted by Gasteiger charge is 2.40. The van der Waals surface area contributed by atoms with Crippen LogP contribution in [0.25, 0.3) is 5.70 Å². The Balaban J connectivity index is 2.58. The highest BCUT2D eigenvalue weighted by molar-refractivity contribution is 5.98. The first kappa shape index (κ1) is 17.5. The first-order chi connectivity index (χ1) is 11.4. The average molecular weight is 331 g/mol. The number of rotatable bonds is 4. The van der Waals surface area contributed by atoms with E-state index in [0.29, 0.717) is 11.3 Å². The molecule has 0 saturated carbocycles. The first-order valence-corrected chi connectivity index (χ1v) is 7.51. The lowest BCUT2D eigenvalue weighted by Crippen LogP contribution is -2.56. The van der Waals surface area contributed by atoms with Gasteiger partial charge in [-0.2, -0.15) is 0 Å². The minimum atomic E-state index is -1.38. The Morgan fingerprint density at radius 3 is 2.38 bits per heavy atom. The first-order valence-electron chi connectivity index (χ1n) is 7.51. The summed E-state index contributed by atoms with van der Waals surface area (Å²) >= 11 is 0. The molecular formula is C17H19N2O5-. The van der Waals surface area contributed by atoms with E-state index >= 15 is 0 Å². The number of carbonyl (C=O) groups is 3. The van der Waals surface area contributed by atoms with Crippen LogP contribution in [-0.4, -0.2) is 47.5 Å². The third-order valence-corrected chi connectivity index (χ3v) is 3.74. The van der Waals surface area contributed by atoms with Gasteiger partial charge in [-0.25, -0.2) is 4.79 Å². The quantitative estimate of drug-likeness (QED) is 0.809. The number of carboxylic acid groups (broad SMARTS) is 1. The molecule has 1 unspecified atom stereocenters. The fourth-order valence-corrected chi connectivity index (χ4v) is 2.69. The lowest BCUT2D eigenvalue weighted by Gasteiger charge is -2.40. The van der Waals surface area contributed by atoms with E-state index in [1.54, 1.807) is 44.2 Å². The van der Waals surface area contributed by atoms with Gasteiger partial charge in [-0.05, 0) is 11.5 Å². The molecule has 0 aliphatic carbocycles. The van der Waals surface area contributed by atoms with E-state index in [4.69, 9.17) is 4.74 Å². The van der Waals surface area contributed by atoms with Crippen molar-refractivity contribution in [1.82, 2.24) is 9.80 Å². The van der Waals surface area contributed by atoms with Crippen molar-refractivity contribution in [3.63, 3.8) is 0 Å². The highest BCUT2D eigenvalue weighted by Crippen LogP contribution is 2.30. The molecular weight excluding hydrogens is 312 g/mol. The number of hydrogen-bond acceptors (Lipinski definition) is 5. The van der Waals surface area contributed by atoms with Crippen molar-refractivity contribution >= 4 is 23.7 Å². The van der Waals surface area contributed by atoms with E-state index in [1.807, 2.05) is 0 Å². The van der Waals surface area contributed by atoms with Crippen molar-refractivity contribution < 1.29 is 24.2 Å². The van der Waals surface area contributed by atoms with Gasteiger partial charge >= 0.3 is 6.09 Å². The van der Waals surface area contributed by atoms with Crippen LogP contribution in [-0.2, 0) is 14.3 Å². The standard InChI is InChI=1S/C17H20N2O5/c1-11(2)15-16(22)18(10-14(20)21)13(9-19(15)17(23)24-3)12-7-5-4-6-8-12/h4-9,11,15H,10H2,1-3H3,(H,20,21)/p-1. The van der Waals surface area contributed by atoms with Crippen molar-refractivity contribution in [2.24, 2.45) is 5.92 Å². The van der Waals surface area contributed by atoms with Gasteiger partial charge in [-0.1, -0.05) is 44.2 Å². The van der Waals surface area contributed by atoms with Gasteiger partial charge in [0.05, 0.1) is 25.3 Å². The summed E-state index contributed by atoms with van der Waals surface area (Å²) in [5, 5.41) is 11.1. The third kappa shape index (κ3) is 3.40. The zero-order valence-corrected chi connectivity index (χ0v) is 13.8. The van der Waals surface area contributed by atoms with Crippen LogP contribution in [0.2, 0.25) is 0 Å². The van der Waals surface area contributed by atoms with Crippen molar-refractivity contribution in [3.05, 3.63) is 42.1 Å². The SMILES string of the molecule is COC(=O)N1C=C(c2ccccc2)N(CC(=O)[O-])C(=O)C1C(C)C. The lowest BCUT2D eigenvalue weighted by atomic mass is 9.97. The van der Waals surface area contributed by atoms with E-state index in [9.17, 15) is 19.5 Å². The Bertz CT molecular complexity index is 669. The molecule has 128 valence electrons. The van der Waals surface area contributed by atoms with E-state index in [2.05, 4.69) is 0 Å². The van der Waals surface area contributed by atoms with E-state index in [1.165, 1.54) is 18.2 Å². The predicted octanol–water partition coefficient (Wildman–Crippen LogP) is 0.670. The normalized spacial score (nSPS) is 17.8. The number of amides is 2. The molecule has 0 aromatic heterocycles. The van der Waals surface area contributed by atoms with E-state index in [-0.39, 0.29) is 5.92 Å². The van der Waals surface area contributed by atoms with Crippen LogP contribution < -0.4 is 5.11 Å². The van der Waals surface area contributed by atoms with Crippen molar-refractivity contribution in [2.45, 2.75) is 19.9 Å². The van der Waals surface area contributed by atoms with Gasteiger partial charge in [-0.3, -0.25) is 9.69 Å². The minimum Gasteiger partial charge on any atom is -0.548 e. The lowest BCUT2D eigenvalue weighted by molar-refractivity contribution is -0.305. The third-order valence-electron chi connectivity index (χ3n) is 3.74. The second-order valence-electron chi connectivity index (χ2n) is 5.74. The smallest absolute Gasteiger partial charge is 0.414 e. The van der Waals surface area contributed by atoms with Crippen LogP contribution in [0.5, 0.6) is 0 Å². The Kier molecular flexibility index (Phi) is 5.23.